The van der Waals surface area contributed by atoms with E-state index < -0.39 is 0 Å². The van der Waals surface area contributed by atoms with Crippen LogP contribution in [0.4, 0.5) is 4.79 Å². The molecule has 1 N–H and O–H groups in total. The summed E-state index contributed by atoms with van der Waals surface area (Å²) in [6.07, 6.45) is 3.48. The lowest BCUT2D eigenvalue weighted by Gasteiger charge is -2.47. The van der Waals surface area contributed by atoms with Gasteiger partial charge in [-0.15, -0.1) is 0 Å². The minimum atomic E-state index is 0.0109. The first-order valence-electron chi connectivity index (χ1n) is 10.5. The van der Waals surface area contributed by atoms with Gasteiger partial charge in [-0.2, -0.15) is 0 Å². The van der Waals surface area contributed by atoms with Crippen molar-refractivity contribution < 1.29 is 9.59 Å². The highest BCUT2D eigenvalue weighted by Gasteiger charge is 2.41. The minimum absolute atomic E-state index is 0.0109. The quantitative estimate of drug-likeness (QED) is 0.862. The molecule has 0 saturated carbocycles. The molecule has 152 valence electrons. The van der Waals surface area contributed by atoms with Gasteiger partial charge in [0.2, 0.25) is 5.91 Å². The lowest BCUT2D eigenvalue weighted by Crippen LogP contribution is -2.53. The summed E-state index contributed by atoms with van der Waals surface area (Å²) < 4.78 is 0. The topological polar surface area (TPSA) is 52.7 Å². The van der Waals surface area contributed by atoms with Crippen molar-refractivity contribution in [2.45, 2.75) is 38.8 Å². The summed E-state index contributed by atoms with van der Waals surface area (Å²) in [5.41, 5.74) is 2.44. The van der Waals surface area contributed by atoms with Crippen molar-refractivity contribution in [2.24, 2.45) is 5.41 Å². The molecule has 0 bridgehead atoms. The maximum absolute atomic E-state index is 12.6. The number of piperidine rings is 2. The summed E-state index contributed by atoms with van der Waals surface area (Å²) in [4.78, 5) is 29.0. The first kappa shape index (κ1) is 19.5. The van der Waals surface area contributed by atoms with E-state index in [4.69, 9.17) is 0 Å². The second-order valence-electron chi connectivity index (χ2n) is 8.37. The van der Waals surface area contributed by atoms with Gasteiger partial charge in [-0.3, -0.25) is 4.79 Å². The van der Waals surface area contributed by atoms with Crippen molar-refractivity contribution >= 4 is 11.9 Å². The molecule has 1 spiro atoms. The van der Waals surface area contributed by atoms with Crippen molar-refractivity contribution in [2.75, 3.05) is 19.6 Å². The highest BCUT2D eigenvalue weighted by Crippen LogP contribution is 2.40. The summed E-state index contributed by atoms with van der Waals surface area (Å²) in [6.45, 7) is 3.56. The van der Waals surface area contributed by atoms with Gasteiger partial charge in [0.15, 0.2) is 0 Å². The zero-order valence-corrected chi connectivity index (χ0v) is 16.8. The van der Waals surface area contributed by atoms with E-state index in [1.165, 1.54) is 5.56 Å². The standard InChI is InChI=1S/C24H29N3O2/c28-22-11-12-24(19-27(22)18-21-9-5-2-6-10-21)13-15-26(16-14-24)23(29)25-17-20-7-3-1-4-8-20/h1-10H,11-19H2,(H,25,29). The number of urea groups is 1. The van der Waals surface area contributed by atoms with Crippen LogP contribution in [-0.2, 0) is 17.9 Å². The minimum Gasteiger partial charge on any atom is -0.338 e. The fraction of sp³-hybridized carbons (Fsp3) is 0.417. The van der Waals surface area contributed by atoms with E-state index in [-0.39, 0.29) is 17.4 Å². The Balaban J connectivity index is 1.30. The highest BCUT2D eigenvalue weighted by atomic mass is 16.2. The number of rotatable bonds is 4. The Bertz CT molecular complexity index is 830. The number of nitrogens with one attached hydrogen (secondary N) is 1. The summed E-state index contributed by atoms with van der Waals surface area (Å²) in [7, 11) is 0. The van der Waals surface area contributed by atoms with Crippen LogP contribution >= 0.6 is 0 Å². The Hall–Kier alpha value is -2.82. The van der Waals surface area contributed by atoms with Gasteiger partial charge in [0.05, 0.1) is 0 Å². The van der Waals surface area contributed by atoms with Gasteiger partial charge in [-0.25, -0.2) is 4.79 Å². The van der Waals surface area contributed by atoms with E-state index in [0.717, 1.165) is 44.5 Å². The van der Waals surface area contributed by atoms with Crippen LogP contribution in [0.25, 0.3) is 0 Å². The van der Waals surface area contributed by atoms with Crippen LogP contribution in [0, 0.1) is 5.41 Å². The van der Waals surface area contributed by atoms with Gasteiger partial charge in [0.25, 0.3) is 0 Å². The average molecular weight is 392 g/mol. The Morgan fingerprint density at radius 2 is 1.52 bits per heavy atom. The molecule has 2 aliphatic rings. The average Bonchev–Trinajstić information content (AvgIpc) is 2.77. The van der Waals surface area contributed by atoms with Gasteiger partial charge >= 0.3 is 6.03 Å². The number of benzene rings is 2. The molecule has 2 aromatic rings. The van der Waals surface area contributed by atoms with E-state index in [9.17, 15) is 9.59 Å². The number of nitrogens with zero attached hydrogens (tertiary/aromatic N) is 2. The van der Waals surface area contributed by atoms with E-state index in [1.807, 2.05) is 58.3 Å². The zero-order valence-electron chi connectivity index (χ0n) is 16.8. The van der Waals surface area contributed by atoms with Gasteiger partial charge in [-0.05, 0) is 35.8 Å². The van der Waals surface area contributed by atoms with Crippen LogP contribution in [0.1, 0.15) is 36.8 Å². The molecule has 2 heterocycles. The van der Waals surface area contributed by atoms with Gasteiger partial charge in [-0.1, -0.05) is 60.7 Å². The molecular weight excluding hydrogens is 362 g/mol. The van der Waals surface area contributed by atoms with Crippen LogP contribution in [0.2, 0.25) is 0 Å². The molecule has 5 nitrogen and oxygen atoms in total. The largest absolute Gasteiger partial charge is 0.338 e. The SMILES string of the molecule is O=C1CCC2(CCN(C(=O)NCc3ccccc3)CC2)CN1Cc1ccccc1. The van der Waals surface area contributed by atoms with Crippen molar-refractivity contribution in [1.29, 1.82) is 0 Å². The highest BCUT2D eigenvalue weighted by molar-refractivity contribution is 5.77. The molecule has 0 unspecified atom stereocenters. The van der Waals surface area contributed by atoms with Crippen LogP contribution < -0.4 is 5.32 Å². The third-order valence-corrected chi connectivity index (χ3v) is 6.36. The van der Waals surface area contributed by atoms with Crippen molar-refractivity contribution in [1.82, 2.24) is 15.1 Å². The summed E-state index contributed by atoms with van der Waals surface area (Å²) in [6, 6.07) is 20.2. The van der Waals surface area contributed by atoms with Crippen LogP contribution in [-0.4, -0.2) is 41.4 Å². The predicted molar refractivity (Wildman–Crippen MR) is 113 cm³/mol. The van der Waals surface area contributed by atoms with Crippen LogP contribution in [0.5, 0.6) is 0 Å². The Morgan fingerprint density at radius 1 is 0.897 bits per heavy atom. The first-order chi connectivity index (χ1) is 14.1. The number of hydrogen-bond acceptors (Lipinski definition) is 2. The number of carbonyl (C=O) groups is 2. The number of carbonyl (C=O) groups excluding carboxylic acids is 2. The molecule has 0 atom stereocenters. The van der Waals surface area contributed by atoms with E-state index in [1.54, 1.807) is 0 Å². The summed E-state index contributed by atoms with van der Waals surface area (Å²) >= 11 is 0. The third kappa shape index (κ3) is 4.78. The fourth-order valence-electron chi connectivity index (χ4n) is 4.53. The van der Waals surface area contributed by atoms with Crippen molar-refractivity contribution in [3.05, 3.63) is 71.8 Å². The molecule has 3 amide bonds. The fourth-order valence-corrected chi connectivity index (χ4v) is 4.53. The molecule has 2 saturated heterocycles. The van der Waals surface area contributed by atoms with Crippen LogP contribution in [0.3, 0.4) is 0 Å². The predicted octanol–water partition coefficient (Wildman–Crippen LogP) is 3.80. The maximum atomic E-state index is 12.6. The molecule has 2 aliphatic heterocycles. The Morgan fingerprint density at radius 3 is 2.17 bits per heavy atom. The van der Waals surface area contributed by atoms with Crippen molar-refractivity contribution in [3.63, 3.8) is 0 Å². The van der Waals surface area contributed by atoms with E-state index in [2.05, 4.69) is 17.4 Å². The normalized spacial score (nSPS) is 18.7. The van der Waals surface area contributed by atoms with Crippen LogP contribution in [0.15, 0.2) is 60.7 Å². The van der Waals surface area contributed by atoms with E-state index in [0.29, 0.717) is 19.5 Å². The Kier molecular flexibility index (Phi) is 5.84. The van der Waals surface area contributed by atoms with Gasteiger partial charge in [0, 0.05) is 39.1 Å². The first-order valence-corrected chi connectivity index (χ1v) is 10.5. The molecule has 2 fully saturated rings. The molecular formula is C24H29N3O2. The number of likely N-dealkylation sites (tertiary alicyclic amines) is 2. The number of hydrogen-bond donors (Lipinski definition) is 1. The van der Waals surface area contributed by atoms with Gasteiger partial charge < -0.3 is 15.1 Å². The molecule has 4 rings (SSSR count). The molecule has 0 radical (unpaired) electrons. The van der Waals surface area contributed by atoms with Gasteiger partial charge in [0.1, 0.15) is 0 Å². The molecule has 0 aromatic heterocycles. The molecule has 0 aliphatic carbocycles. The number of amides is 3. The smallest absolute Gasteiger partial charge is 0.317 e. The molecule has 2 aromatic carbocycles. The maximum Gasteiger partial charge on any atom is 0.317 e. The van der Waals surface area contributed by atoms with Crippen molar-refractivity contribution in [3.8, 4) is 0 Å². The molecule has 29 heavy (non-hydrogen) atoms. The third-order valence-electron chi connectivity index (χ3n) is 6.36. The molecule has 5 heteroatoms. The second kappa shape index (κ2) is 8.68. The second-order valence-corrected chi connectivity index (χ2v) is 8.37. The Labute approximate surface area is 172 Å². The lowest BCUT2D eigenvalue weighted by atomic mass is 9.72. The summed E-state index contributed by atoms with van der Waals surface area (Å²) in [5.74, 6) is 0.252. The summed E-state index contributed by atoms with van der Waals surface area (Å²) in [5, 5.41) is 3.03. The monoisotopic (exact) mass is 391 g/mol. The van der Waals surface area contributed by atoms with E-state index >= 15 is 0 Å². The zero-order chi connectivity index (χ0) is 20.1. The lowest BCUT2D eigenvalue weighted by molar-refractivity contribution is -0.139.